The van der Waals surface area contributed by atoms with Crippen LogP contribution in [0.5, 0.6) is 0 Å². The Hall–Kier alpha value is -1.45. The second-order valence-electron chi connectivity index (χ2n) is 2.13. The zero-order chi connectivity index (χ0) is 8.27. The zero-order valence-electron chi connectivity index (χ0n) is 6.57. The van der Waals surface area contributed by atoms with Crippen molar-refractivity contribution in [1.29, 1.82) is 0 Å². The molecule has 58 valence electrons. The fraction of sp³-hybridized carbons (Fsp3) is 0.286. The van der Waals surface area contributed by atoms with E-state index in [9.17, 15) is 0 Å². The topological polar surface area (TPSA) is 64.2 Å². The van der Waals surface area contributed by atoms with Gasteiger partial charge >= 0.3 is 0 Å². The van der Waals surface area contributed by atoms with Crippen LogP contribution in [0.25, 0.3) is 0 Å². The average Bonchev–Trinajstić information content (AvgIpc) is 2.04. The first-order valence-electron chi connectivity index (χ1n) is 3.25. The standard InChI is InChI=1S/C7H10N4/c1-5-6(7(8)9-2)3-10-4-11-5/h3-4H,1-2H3,(H2,8,9). The summed E-state index contributed by atoms with van der Waals surface area (Å²) in [4.78, 5) is 11.7. The molecular formula is C7H10N4. The highest BCUT2D eigenvalue weighted by Gasteiger charge is 2.01. The molecule has 1 rings (SSSR count). The van der Waals surface area contributed by atoms with E-state index in [0.717, 1.165) is 11.3 Å². The Balaban J connectivity index is 3.14. The molecule has 0 radical (unpaired) electrons. The van der Waals surface area contributed by atoms with Gasteiger partial charge in [-0.1, -0.05) is 0 Å². The van der Waals surface area contributed by atoms with Gasteiger partial charge in [0.2, 0.25) is 0 Å². The Labute approximate surface area is 65.2 Å². The van der Waals surface area contributed by atoms with E-state index in [-0.39, 0.29) is 0 Å². The molecule has 0 fully saturated rings. The van der Waals surface area contributed by atoms with Crippen LogP contribution in [0, 0.1) is 6.92 Å². The van der Waals surface area contributed by atoms with Crippen LogP contribution in [0.1, 0.15) is 11.3 Å². The molecular weight excluding hydrogens is 140 g/mol. The van der Waals surface area contributed by atoms with Gasteiger partial charge in [0.05, 0.1) is 11.3 Å². The number of amidine groups is 1. The smallest absolute Gasteiger partial charge is 0.128 e. The summed E-state index contributed by atoms with van der Waals surface area (Å²) >= 11 is 0. The molecule has 1 aromatic rings. The molecule has 0 aromatic carbocycles. The molecule has 0 spiro atoms. The van der Waals surface area contributed by atoms with Crippen LogP contribution in [0.15, 0.2) is 17.5 Å². The summed E-state index contributed by atoms with van der Waals surface area (Å²) in [7, 11) is 1.64. The third-order valence-corrected chi connectivity index (χ3v) is 1.43. The number of nitrogens with zero attached hydrogens (tertiary/aromatic N) is 3. The highest BCUT2D eigenvalue weighted by Crippen LogP contribution is 1.99. The van der Waals surface area contributed by atoms with Crippen molar-refractivity contribution in [2.75, 3.05) is 7.05 Å². The van der Waals surface area contributed by atoms with Crippen molar-refractivity contribution in [1.82, 2.24) is 9.97 Å². The molecule has 0 atom stereocenters. The second-order valence-corrected chi connectivity index (χ2v) is 2.13. The largest absolute Gasteiger partial charge is 0.383 e. The number of hydrogen-bond donors (Lipinski definition) is 1. The maximum absolute atomic E-state index is 5.57. The fourth-order valence-corrected chi connectivity index (χ4v) is 0.763. The van der Waals surface area contributed by atoms with Crippen molar-refractivity contribution in [2.24, 2.45) is 10.7 Å². The van der Waals surface area contributed by atoms with E-state index >= 15 is 0 Å². The molecule has 2 N–H and O–H groups in total. The van der Waals surface area contributed by atoms with Gasteiger partial charge in [0.1, 0.15) is 12.2 Å². The van der Waals surface area contributed by atoms with E-state index in [1.807, 2.05) is 6.92 Å². The molecule has 0 aliphatic carbocycles. The lowest BCUT2D eigenvalue weighted by Crippen LogP contribution is -2.15. The minimum atomic E-state index is 0.475. The monoisotopic (exact) mass is 150 g/mol. The Bertz CT molecular complexity index is 280. The minimum Gasteiger partial charge on any atom is -0.383 e. The predicted octanol–water partition coefficient (Wildman–Crippen LogP) is 0.120. The van der Waals surface area contributed by atoms with Gasteiger partial charge in [0, 0.05) is 13.2 Å². The zero-order valence-corrected chi connectivity index (χ0v) is 6.57. The summed E-state index contributed by atoms with van der Waals surface area (Å²) < 4.78 is 0. The molecule has 1 heterocycles. The van der Waals surface area contributed by atoms with Gasteiger partial charge in [0.15, 0.2) is 0 Å². The number of nitrogens with two attached hydrogens (primary N) is 1. The molecule has 4 nitrogen and oxygen atoms in total. The molecule has 0 unspecified atom stereocenters. The van der Waals surface area contributed by atoms with Gasteiger partial charge in [-0.3, -0.25) is 4.99 Å². The van der Waals surface area contributed by atoms with Gasteiger partial charge in [-0.05, 0) is 6.92 Å². The van der Waals surface area contributed by atoms with Crippen LogP contribution >= 0.6 is 0 Å². The number of aliphatic imine (C=N–C) groups is 1. The van der Waals surface area contributed by atoms with Crippen LogP contribution in [0.3, 0.4) is 0 Å². The normalized spacial score (nSPS) is 11.6. The predicted molar refractivity (Wildman–Crippen MR) is 43.4 cm³/mol. The first-order chi connectivity index (χ1) is 5.25. The van der Waals surface area contributed by atoms with Gasteiger partial charge in [-0.2, -0.15) is 0 Å². The van der Waals surface area contributed by atoms with Gasteiger partial charge < -0.3 is 5.73 Å². The molecule has 0 saturated heterocycles. The van der Waals surface area contributed by atoms with Gasteiger partial charge in [0.25, 0.3) is 0 Å². The molecule has 0 bridgehead atoms. The SMILES string of the molecule is CN=C(N)c1cncnc1C. The van der Waals surface area contributed by atoms with Crippen molar-refractivity contribution >= 4 is 5.84 Å². The molecule has 11 heavy (non-hydrogen) atoms. The number of aryl methyl sites for hydroxylation is 1. The molecule has 1 aromatic heterocycles. The van der Waals surface area contributed by atoms with Gasteiger partial charge in [-0.25, -0.2) is 9.97 Å². The lowest BCUT2D eigenvalue weighted by Gasteiger charge is -2.00. The van der Waals surface area contributed by atoms with Crippen LogP contribution in [-0.2, 0) is 0 Å². The first-order valence-corrected chi connectivity index (χ1v) is 3.25. The van der Waals surface area contributed by atoms with Crippen molar-refractivity contribution in [3.8, 4) is 0 Å². The molecule has 0 aliphatic heterocycles. The van der Waals surface area contributed by atoms with E-state index in [1.165, 1.54) is 6.33 Å². The van der Waals surface area contributed by atoms with Crippen LogP contribution < -0.4 is 5.73 Å². The maximum atomic E-state index is 5.57. The summed E-state index contributed by atoms with van der Waals surface area (Å²) in [6.45, 7) is 1.87. The Kier molecular flexibility index (Phi) is 2.15. The quantitative estimate of drug-likeness (QED) is 0.457. The molecule has 0 aliphatic rings. The van der Waals surface area contributed by atoms with Crippen molar-refractivity contribution in [2.45, 2.75) is 6.92 Å². The fourth-order valence-electron chi connectivity index (χ4n) is 0.763. The molecule has 4 heteroatoms. The Morgan fingerprint density at radius 2 is 2.36 bits per heavy atom. The third kappa shape index (κ3) is 1.52. The summed E-state index contributed by atoms with van der Waals surface area (Å²) in [6, 6.07) is 0. The summed E-state index contributed by atoms with van der Waals surface area (Å²) in [5.74, 6) is 0.475. The maximum Gasteiger partial charge on any atom is 0.128 e. The highest BCUT2D eigenvalue weighted by molar-refractivity contribution is 5.97. The number of hydrogen-bond acceptors (Lipinski definition) is 3. The molecule has 0 saturated carbocycles. The van der Waals surface area contributed by atoms with Crippen molar-refractivity contribution in [3.05, 3.63) is 23.8 Å². The Morgan fingerprint density at radius 3 is 2.91 bits per heavy atom. The lowest BCUT2D eigenvalue weighted by atomic mass is 10.2. The lowest BCUT2D eigenvalue weighted by molar-refractivity contribution is 1.09. The molecule has 0 amide bonds. The highest BCUT2D eigenvalue weighted by atomic mass is 14.9. The van der Waals surface area contributed by atoms with E-state index < -0.39 is 0 Å². The number of aromatic nitrogens is 2. The van der Waals surface area contributed by atoms with Crippen LogP contribution in [-0.4, -0.2) is 22.9 Å². The van der Waals surface area contributed by atoms with Gasteiger partial charge in [-0.15, -0.1) is 0 Å². The number of rotatable bonds is 1. The Morgan fingerprint density at radius 1 is 1.64 bits per heavy atom. The van der Waals surface area contributed by atoms with E-state index in [4.69, 9.17) is 5.73 Å². The van der Waals surface area contributed by atoms with Crippen molar-refractivity contribution < 1.29 is 0 Å². The third-order valence-electron chi connectivity index (χ3n) is 1.43. The van der Waals surface area contributed by atoms with Crippen molar-refractivity contribution in [3.63, 3.8) is 0 Å². The van der Waals surface area contributed by atoms with E-state index in [1.54, 1.807) is 13.2 Å². The summed E-state index contributed by atoms with van der Waals surface area (Å²) in [5.41, 5.74) is 7.22. The summed E-state index contributed by atoms with van der Waals surface area (Å²) in [6.07, 6.45) is 3.15. The average molecular weight is 150 g/mol. The minimum absolute atomic E-state index is 0.475. The van der Waals surface area contributed by atoms with E-state index in [0.29, 0.717) is 5.84 Å². The second kappa shape index (κ2) is 3.09. The van der Waals surface area contributed by atoms with E-state index in [2.05, 4.69) is 15.0 Å². The summed E-state index contributed by atoms with van der Waals surface area (Å²) in [5, 5.41) is 0. The van der Waals surface area contributed by atoms with Crippen LogP contribution in [0.4, 0.5) is 0 Å². The van der Waals surface area contributed by atoms with Crippen LogP contribution in [0.2, 0.25) is 0 Å². The first kappa shape index (κ1) is 7.65.